The maximum atomic E-state index is 13.2. The van der Waals surface area contributed by atoms with Gasteiger partial charge in [-0.3, -0.25) is 4.79 Å². The Labute approximate surface area is 217 Å². The highest BCUT2D eigenvalue weighted by Gasteiger charge is 2.23. The topological polar surface area (TPSA) is 71.0 Å². The van der Waals surface area contributed by atoms with Crippen molar-refractivity contribution in [1.82, 2.24) is 9.88 Å². The Morgan fingerprint density at radius 3 is 2.24 bits per heavy atom. The number of nitrogens with one attached hydrogen (secondary N) is 1. The summed E-state index contributed by atoms with van der Waals surface area (Å²) in [4.78, 5) is 13.2. The molecule has 4 aromatic rings. The number of hydrogen-bond donors (Lipinski definition) is 1. The first-order valence-corrected chi connectivity index (χ1v) is 12.2. The van der Waals surface area contributed by atoms with Crippen molar-refractivity contribution in [3.63, 3.8) is 0 Å². The minimum atomic E-state index is -0.184. The average Bonchev–Trinajstić information content (AvgIpc) is 3.27. The smallest absolute Gasteiger partial charge is 0.220 e. The van der Waals surface area contributed by atoms with Gasteiger partial charge in [-0.25, -0.2) is 0 Å². The number of rotatable bonds is 11. The summed E-state index contributed by atoms with van der Waals surface area (Å²) < 4.78 is 23.9. The molecule has 0 spiro atoms. The molecular formula is C30H34N2O5. The molecule has 1 heterocycles. The maximum absolute atomic E-state index is 13.2. The van der Waals surface area contributed by atoms with Crippen molar-refractivity contribution in [3.8, 4) is 23.0 Å². The first-order chi connectivity index (χ1) is 18.0. The van der Waals surface area contributed by atoms with Crippen LogP contribution in [-0.2, 0) is 18.3 Å². The van der Waals surface area contributed by atoms with Crippen LogP contribution in [0.15, 0.2) is 66.9 Å². The van der Waals surface area contributed by atoms with Crippen LogP contribution < -0.4 is 24.3 Å². The molecule has 1 N–H and O–H groups in total. The van der Waals surface area contributed by atoms with E-state index < -0.39 is 0 Å². The lowest BCUT2D eigenvalue weighted by atomic mass is 9.87. The molecule has 0 radical (unpaired) electrons. The maximum Gasteiger partial charge on any atom is 0.220 e. The first-order valence-electron chi connectivity index (χ1n) is 12.2. The van der Waals surface area contributed by atoms with Crippen molar-refractivity contribution in [2.45, 2.75) is 18.8 Å². The van der Waals surface area contributed by atoms with Gasteiger partial charge in [0.25, 0.3) is 0 Å². The molecule has 0 fully saturated rings. The van der Waals surface area contributed by atoms with Crippen LogP contribution in [-0.4, -0.2) is 45.5 Å². The van der Waals surface area contributed by atoms with Crippen molar-refractivity contribution in [3.05, 3.63) is 83.6 Å². The lowest BCUT2D eigenvalue weighted by molar-refractivity contribution is -0.121. The van der Waals surface area contributed by atoms with Crippen molar-refractivity contribution in [1.29, 1.82) is 0 Å². The molecule has 37 heavy (non-hydrogen) atoms. The van der Waals surface area contributed by atoms with Gasteiger partial charge in [0.2, 0.25) is 5.91 Å². The Morgan fingerprint density at radius 1 is 0.865 bits per heavy atom. The zero-order valence-electron chi connectivity index (χ0n) is 22.0. The van der Waals surface area contributed by atoms with Crippen LogP contribution in [0.25, 0.3) is 10.9 Å². The summed E-state index contributed by atoms with van der Waals surface area (Å²) in [5.41, 5.74) is 4.22. The summed E-state index contributed by atoms with van der Waals surface area (Å²) in [6.45, 7) is 0.512. The summed E-state index contributed by atoms with van der Waals surface area (Å²) in [6, 6.07) is 19.8. The number of fused-ring (bicyclic) bond motifs is 1. The Kier molecular flexibility index (Phi) is 8.23. The third-order valence-electron chi connectivity index (χ3n) is 6.65. The van der Waals surface area contributed by atoms with Gasteiger partial charge < -0.3 is 28.8 Å². The van der Waals surface area contributed by atoms with E-state index in [-0.39, 0.29) is 18.2 Å². The average molecular weight is 503 g/mol. The van der Waals surface area contributed by atoms with E-state index in [2.05, 4.69) is 28.2 Å². The Morgan fingerprint density at radius 2 is 1.57 bits per heavy atom. The molecule has 0 aliphatic rings. The summed E-state index contributed by atoms with van der Waals surface area (Å²) in [7, 11) is 8.52. The van der Waals surface area contributed by atoms with Gasteiger partial charge in [-0.15, -0.1) is 0 Å². The molecule has 3 aromatic carbocycles. The van der Waals surface area contributed by atoms with Crippen molar-refractivity contribution < 1.29 is 23.7 Å². The first kappa shape index (κ1) is 25.9. The van der Waals surface area contributed by atoms with E-state index in [1.807, 2.05) is 55.6 Å². The number of carbonyl (C=O) groups excluding carboxylic acids is 1. The van der Waals surface area contributed by atoms with Crippen LogP contribution in [0.4, 0.5) is 0 Å². The molecule has 0 aliphatic carbocycles. The van der Waals surface area contributed by atoms with E-state index in [1.54, 1.807) is 28.4 Å². The molecule has 7 nitrogen and oxygen atoms in total. The van der Waals surface area contributed by atoms with Gasteiger partial charge in [0.05, 0.1) is 28.4 Å². The van der Waals surface area contributed by atoms with Gasteiger partial charge in [0.15, 0.2) is 11.5 Å². The SMILES string of the molecule is COc1cc(OC)cc(C(CC(=O)NCCc2ccc(OC)c(OC)c2)c2cn(C)c3ccccc23)c1. The molecule has 1 unspecified atom stereocenters. The standard InChI is InChI=1S/C30H34N2O5/c1-32-19-26(24-8-6-7-9-27(24)32)25(21-15-22(34-2)17-23(16-21)35-3)18-30(33)31-13-12-20-10-11-28(36-4)29(14-20)37-5/h6-11,14-17,19,25H,12-13,18H2,1-5H3,(H,31,33). The second kappa shape index (κ2) is 11.7. The van der Waals surface area contributed by atoms with E-state index in [9.17, 15) is 4.79 Å². The van der Waals surface area contributed by atoms with Crippen LogP contribution in [0, 0.1) is 0 Å². The van der Waals surface area contributed by atoms with Gasteiger partial charge in [-0.05, 0) is 53.4 Å². The number of hydrogen-bond acceptors (Lipinski definition) is 5. The number of methoxy groups -OCH3 is 4. The van der Waals surface area contributed by atoms with Crippen molar-refractivity contribution >= 4 is 16.8 Å². The number of aryl methyl sites for hydroxylation is 1. The molecule has 1 aromatic heterocycles. The van der Waals surface area contributed by atoms with Gasteiger partial charge >= 0.3 is 0 Å². The van der Waals surface area contributed by atoms with Gasteiger partial charge in [-0.2, -0.15) is 0 Å². The highest BCUT2D eigenvalue weighted by atomic mass is 16.5. The highest BCUT2D eigenvalue weighted by Crippen LogP contribution is 2.37. The predicted molar refractivity (Wildman–Crippen MR) is 145 cm³/mol. The Balaban J connectivity index is 1.58. The zero-order chi connectivity index (χ0) is 26.4. The lowest BCUT2D eigenvalue weighted by Crippen LogP contribution is -2.27. The summed E-state index contributed by atoms with van der Waals surface area (Å²) in [6.07, 6.45) is 3.08. The molecule has 194 valence electrons. The van der Waals surface area contributed by atoms with E-state index >= 15 is 0 Å². The summed E-state index contributed by atoms with van der Waals surface area (Å²) in [5, 5.41) is 4.22. The van der Waals surface area contributed by atoms with Crippen LogP contribution in [0.3, 0.4) is 0 Å². The molecule has 1 amide bonds. The second-order valence-electron chi connectivity index (χ2n) is 8.90. The van der Waals surface area contributed by atoms with Crippen LogP contribution in [0.5, 0.6) is 23.0 Å². The third kappa shape index (κ3) is 5.82. The molecule has 7 heteroatoms. The number of benzene rings is 3. The van der Waals surface area contributed by atoms with Crippen molar-refractivity contribution in [2.24, 2.45) is 7.05 Å². The van der Waals surface area contributed by atoms with Gasteiger partial charge in [-0.1, -0.05) is 24.3 Å². The van der Waals surface area contributed by atoms with Crippen LogP contribution in [0.1, 0.15) is 29.0 Å². The molecule has 4 rings (SSSR count). The number of para-hydroxylation sites is 1. The normalized spacial score (nSPS) is 11.7. The number of aromatic nitrogens is 1. The number of amides is 1. The number of ether oxygens (including phenoxy) is 4. The fraction of sp³-hybridized carbons (Fsp3) is 0.300. The van der Waals surface area contributed by atoms with Gasteiger partial charge in [0, 0.05) is 49.1 Å². The predicted octanol–water partition coefficient (Wildman–Crippen LogP) is 5.09. The summed E-state index contributed by atoms with van der Waals surface area (Å²) in [5.74, 6) is 2.52. The zero-order valence-corrected chi connectivity index (χ0v) is 22.0. The molecule has 1 atom stereocenters. The highest BCUT2D eigenvalue weighted by molar-refractivity contribution is 5.86. The quantitative estimate of drug-likeness (QED) is 0.309. The third-order valence-corrected chi connectivity index (χ3v) is 6.65. The molecular weight excluding hydrogens is 468 g/mol. The minimum absolute atomic E-state index is 0.0276. The monoisotopic (exact) mass is 502 g/mol. The summed E-state index contributed by atoms with van der Waals surface area (Å²) >= 11 is 0. The molecule has 0 bridgehead atoms. The van der Waals surface area contributed by atoms with E-state index in [1.165, 1.54) is 0 Å². The fourth-order valence-corrected chi connectivity index (χ4v) is 4.73. The van der Waals surface area contributed by atoms with Gasteiger partial charge in [0.1, 0.15) is 11.5 Å². The van der Waals surface area contributed by atoms with Crippen LogP contribution >= 0.6 is 0 Å². The Bertz CT molecular complexity index is 1360. The number of nitrogens with zero attached hydrogens (tertiary/aromatic N) is 1. The number of carbonyl (C=O) groups is 1. The molecule has 0 saturated heterocycles. The van der Waals surface area contributed by atoms with E-state index in [0.717, 1.165) is 27.6 Å². The van der Waals surface area contributed by atoms with Crippen LogP contribution in [0.2, 0.25) is 0 Å². The minimum Gasteiger partial charge on any atom is -0.497 e. The Hall–Kier alpha value is -4.13. The fourth-order valence-electron chi connectivity index (χ4n) is 4.73. The van der Waals surface area contributed by atoms with E-state index in [4.69, 9.17) is 18.9 Å². The molecule has 0 saturated carbocycles. The molecule has 0 aliphatic heterocycles. The second-order valence-corrected chi connectivity index (χ2v) is 8.90. The van der Waals surface area contributed by atoms with Crippen molar-refractivity contribution in [2.75, 3.05) is 35.0 Å². The van der Waals surface area contributed by atoms with E-state index in [0.29, 0.717) is 36.0 Å². The largest absolute Gasteiger partial charge is 0.497 e. The lowest BCUT2D eigenvalue weighted by Gasteiger charge is -2.19.